The predicted octanol–water partition coefficient (Wildman–Crippen LogP) is 7.25. The number of anilines is 1. The first-order chi connectivity index (χ1) is 22.5. The van der Waals surface area contributed by atoms with Gasteiger partial charge in [0, 0.05) is 36.5 Å². The van der Waals surface area contributed by atoms with Crippen molar-refractivity contribution in [3.63, 3.8) is 0 Å². The van der Waals surface area contributed by atoms with Crippen LogP contribution >= 0.6 is 11.8 Å². The summed E-state index contributed by atoms with van der Waals surface area (Å²) in [6, 6.07) is 6.11. The zero-order chi connectivity index (χ0) is 36.4. The van der Waals surface area contributed by atoms with Crippen LogP contribution in [0.4, 0.5) is 5.69 Å². The van der Waals surface area contributed by atoms with Gasteiger partial charge in [0.05, 0.1) is 6.54 Å². The molecule has 258 valence electrons. The minimum absolute atomic E-state index is 0.00518. The van der Waals surface area contributed by atoms with Gasteiger partial charge in [0.15, 0.2) is 5.17 Å². The molecule has 3 atom stereocenters. The maximum absolute atomic E-state index is 13.5. The normalized spacial score (nSPS) is 16.2. The van der Waals surface area contributed by atoms with Crippen LogP contribution in [-0.4, -0.2) is 63.3 Å². The summed E-state index contributed by atoms with van der Waals surface area (Å²) in [6.45, 7) is 24.1. The summed E-state index contributed by atoms with van der Waals surface area (Å²) in [5.41, 5.74) is 1.96. The first-order valence-corrected chi connectivity index (χ1v) is 16.8. The number of carbonyl (C=O) groups is 3. The quantitative estimate of drug-likeness (QED) is 0.0887. The maximum atomic E-state index is 13.5. The van der Waals surface area contributed by atoms with E-state index in [1.54, 1.807) is 72.7 Å². The van der Waals surface area contributed by atoms with E-state index in [0.717, 1.165) is 5.56 Å². The van der Waals surface area contributed by atoms with E-state index in [1.165, 1.54) is 18.7 Å². The number of nitrogens with zero attached hydrogens (tertiary/aromatic N) is 3. The summed E-state index contributed by atoms with van der Waals surface area (Å²) in [6.07, 6.45) is 14.9. The van der Waals surface area contributed by atoms with E-state index in [2.05, 4.69) is 39.7 Å². The molecule has 10 heteroatoms. The first kappa shape index (κ1) is 44.9. The topological polar surface area (TPSA) is 123 Å². The molecule has 0 saturated carbocycles. The zero-order valence-corrected chi connectivity index (χ0v) is 30.4. The van der Waals surface area contributed by atoms with Crippen LogP contribution in [0.2, 0.25) is 0 Å². The number of carbonyl (C=O) groups excluding carboxylic acids is 3. The van der Waals surface area contributed by atoms with Crippen molar-refractivity contribution in [3.8, 4) is 12.3 Å². The number of aliphatic imine (C=N–C) groups is 2. The van der Waals surface area contributed by atoms with Gasteiger partial charge in [-0.25, -0.2) is 0 Å². The number of thioether (sulfide) groups is 1. The van der Waals surface area contributed by atoms with Gasteiger partial charge in [0.2, 0.25) is 17.7 Å². The van der Waals surface area contributed by atoms with E-state index in [-0.39, 0.29) is 24.9 Å². The predicted molar refractivity (Wildman–Crippen MR) is 202 cm³/mol. The van der Waals surface area contributed by atoms with Gasteiger partial charge in [-0.1, -0.05) is 95.1 Å². The third-order valence-corrected chi connectivity index (χ3v) is 6.91. The third kappa shape index (κ3) is 17.3. The molecule has 3 N–H and O–H groups in total. The number of amides is 3. The lowest BCUT2D eigenvalue weighted by molar-refractivity contribution is -0.132. The zero-order valence-electron chi connectivity index (χ0n) is 29.6. The van der Waals surface area contributed by atoms with Crippen LogP contribution in [0.5, 0.6) is 0 Å². The number of terminal acetylenes is 1. The number of rotatable bonds is 13. The lowest BCUT2D eigenvalue weighted by atomic mass is 10.1. The van der Waals surface area contributed by atoms with E-state index >= 15 is 0 Å². The summed E-state index contributed by atoms with van der Waals surface area (Å²) < 4.78 is 0. The molecule has 0 spiro atoms. The van der Waals surface area contributed by atoms with Crippen LogP contribution in [0.3, 0.4) is 0 Å². The van der Waals surface area contributed by atoms with E-state index in [4.69, 9.17) is 6.42 Å². The van der Waals surface area contributed by atoms with E-state index in [9.17, 15) is 19.5 Å². The fourth-order valence-corrected chi connectivity index (χ4v) is 4.78. The molecule has 0 bridgehead atoms. The van der Waals surface area contributed by atoms with Gasteiger partial charge in [0.25, 0.3) is 0 Å². The summed E-state index contributed by atoms with van der Waals surface area (Å²) in [7, 11) is 0. The van der Waals surface area contributed by atoms with Crippen molar-refractivity contribution in [2.24, 2.45) is 9.98 Å². The van der Waals surface area contributed by atoms with Gasteiger partial charge in [-0.2, -0.15) is 0 Å². The van der Waals surface area contributed by atoms with E-state index in [0.29, 0.717) is 23.0 Å². The average Bonchev–Trinajstić information content (AvgIpc) is 3.37. The Bertz CT molecular complexity index is 1270. The number of hydrogen-bond acceptors (Lipinski definition) is 7. The number of aliphatic hydroxyl groups excluding tert-OH is 1. The van der Waals surface area contributed by atoms with E-state index < -0.39 is 29.2 Å². The molecule has 3 amide bonds. The highest BCUT2D eigenvalue weighted by molar-refractivity contribution is 8.15. The standard InChI is InChI=1S/C29H37N5O4S.C4H6.2C2H6/c1-7-10-12-24(35)27(37)32-20(6)26(36)33-22-15-13-21(14-16-22)25-28(38)34(29(39-25)31-19(4)5)18-23(11-8-2)30-17-9-3;1-3-4-2;2*1-2/h2,7,9-10,13-17,19-20,24-25,35H,11-12,18H2,1,3-6H3,(H,32,37)(H,33,36);3-4H,1-2H2;2*1-2H3/b10-7-,17-9-,30-23?,31-29?;;;/t20-,24?,25?;;;/m0.../s1. The molecular weight excluding hydrogens is 611 g/mol. The molecule has 1 fully saturated rings. The van der Waals surface area contributed by atoms with Gasteiger partial charge < -0.3 is 15.7 Å². The van der Waals surface area contributed by atoms with Gasteiger partial charge in [0.1, 0.15) is 17.4 Å². The highest BCUT2D eigenvalue weighted by Crippen LogP contribution is 2.40. The molecule has 1 aliphatic heterocycles. The summed E-state index contributed by atoms with van der Waals surface area (Å²) in [4.78, 5) is 48.8. The molecule has 1 aliphatic rings. The molecule has 0 aromatic heterocycles. The van der Waals surface area contributed by atoms with Crippen LogP contribution in [0.25, 0.3) is 0 Å². The Labute approximate surface area is 287 Å². The molecule has 9 nitrogen and oxygen atoms in total. The molecule has 1 heterocycles. The van der Waals surface area contributed by atoms with Crippen LogP contribution in [-0.2, 0) is 14.4 Å². The number of benzene rings is 1. The van der Waals surface area contributed by atoms with Crippen molar-refractivity contribution >= 4 is 46.1 Å². The average molecular weight is 666 g/mol. The molecule has 1 aromatic carbocycles. The highest BCUT2D eigenvalue weighted by Gasteiger charge is 2.39. The number of aliphatic hydroxyl groups is 1. The van der Waals surface area contributed by atoms with Crippen molar-refractivity contribution in [2.75, 3.05) is 11.9 Å². The molecule has 0 aliphatic carbocycles. The minimum atomic E-state index is -1.22. The van der Waals surface area contributed by atoms with Gasteiger partial charge in [-0.15, -0.1) is 12.3 Å². The van der Waals surface area contributed by atoms with E-state index in [1.807, 2.05) is 48.5 Å². The Morgan fingerprint density at radius 2 is 1.66 bits per heavy atom. The minimum Gasteiger partial charge on any atom is -0.383 e. The maximum Gasteiger partial charge on any atom is 0.249 e. The SMILES string of the molecule is C#CCC(CN1C(=O)C(c2ccc(NC(=O)[C@H](C)NC(=O)C(O)C/C=C\C)cc2)SC1=NC(C)C)=N/C=C\C.C=CC=C.CC.CC. The van der Waals surface area contributed by atoms with Gasteiger partial charge in [-0.05, 0) is 52.3 Å². The monoisotopic (exact) mass is 665 g/mol. The summed E-state index contributed by atoms with van der Waals surface area (Å²) in [5.74, 6) is 1.43. The van der Waals surface area contributed by atoms with Crippen LogP contribution < -0.4 is 10.6 Å². The van der Waals surface area contributed by atoms with Crippen molar-refractivity contribution in [2.45, 2.75) is 98.6 Å². The second-order valence-electron chi connectivity index (χ2n) is 9.62. The first-order valence-electron chi connectivity index (χ1n) is 15.9. The molecule has 1 saturated heterocycles. The fourth-order valence-electron chi connectivity index (χ4n) is 3.49. The number of nitrogens with one attached hydrogen (secondary N) is 2. The highest BCUT2D eigenvalue weighted by atomic mass is 32.2. The molecule has 2 unspecified atom stereocenters. The lowest BCUT2D eigenvalue weighted by Gasteiger charge is -2.18. The lowest BCUT2D eigenvalue weighted by Crippen LogP contribution is -2.45. The molecular formula is C37H55N5O4S. The number of amidine groups is 1. The number of hydrogen-bond donors (Lipinski definition) is 3. The van der Waals surface area contributed by atoms with Crippen molar-refractivity contribution in [3.05, 3.63) is 79.6 Å². The van der Waals surface area contributed by atoms with Crippen LogP contribution in [0, 0.1) is 12.3 Å². The Morgan fingerprint density at radius 1 is 1.06 bits per heavy atom. The van der Waals surface area contributed by atoms with Crippen molar-refractivity contribution in [1.82, 2.24) is 10.2 Å². The second kappa shape index (κ2) is 27.0. The summed E-state index contributed by atoms with van der Waals surface area (Å²) in [5, 5.41) is 15.2. The Morgan fingerprint density at radius 3 is 2.15 bits per heavy atom. The molecule has 1 aromatic rings. The Balaban J connectivity index is 0. The van der Waals surface area contributed by atoms with Crippen molar-refractivity contribution < 1.29 is 19.5 Å². The smallest absolute Gasteiger partial charge is 0.249 e. The summed E-state index contributed by atoms with van der Waals surface area (Å²) >= 11 is 1.37. The van der Waals surface area contributed by atoms with Crippen molar-refractivity contribution in [1.29, 1.82) is 0 Å². The van der Waals surface area contributed by atoms with Gasteiger partial charge in [-0.3, -0.25) is 29.3 Å². The second-order valence-corrected chi connectivity index (χ2v) is 10.7. The molecule has 2 rings (SSSR count). The molecule has 0 radical (unpaired) electrons. The van der Waals surface area contributed by atoms with Crippen LogP contribution in [0.1, 0.15) is 86.0 Å². The Hall–Kier alpha value is -4.20. The molecule has 47 heavy (non-hydrogen) atoms. The van der Waals surface area contributed by atoms with Gasteiger partial charge >= 0.3 is 0 Å². The third-order valence-electron chi connectivity index (χ3n) is 5.66. The van der Waals surface area contributed by atoms with Crippen LogP contribution in [0.15, 0.2) is 84.0 Å². The fraction of sp³-hybridized carbons (Fsp3) is 0.432. The number of allylic oxidation sites excluding steroid dienone is 4. The Kier molecular flexibility index (Phi) is 25.8. The largest absolute Gasteiger partial charge is 0.383 e.